The molecule has 20 heavy (non-hydrogen) atoms. The molecule has 0 aliphatic carbocycles. The molecule has 2 aliphatic heterocycles. The van der Waals surface area contributed by atoms with Crippen LogP contribution in [0.5, 0.6) is 0 Å². The topological polar surface area (TPSA) is 6.48 Å². The highest BCUT2D eigenvalue weighted by Crippen LogP contribution is 2.35. The molecule has 2 unspecified atom stereocenters. The summed E-state index contributed by atoms with van der Waals surface area (Å²) >= 11 is 0. The van der Waals surface area contributed by atoms with Crippen molar-refractivity contribution < 1.29 is 8.78 Å². The van der Waals surface area contributed by atoms with E-state index in [-0.39, 0.29) is 12.6 Å². The molecule has 2 saturated heterocycles. The van der Waals surface area contributed by atoms with Gasteiger partial charge in [-0.3, -0.25) is 9.80 Å². The molecule has 0 saturated carbocycles. The van der Waals surface area contributed by atoms with Crippen LogP contribution in [0.4, 0.5) is 8.78 Å². The van der Waals surface area contributed by atoms with E-state index in [1.54, 1.807) is 0 Å². The first-order valence-corrected chi connectivity index (χ1v) is 8.15. The molecule has 2 nitrogen and oxygen atoms in total. The molecule has 118 valence electrons. The monoisotopic (exact) mass is 288 g/mol. The van der Waals surface area contributed by atoms with Crippen LogP contribution < -0.4 is 0 Å². The van der Waals surface area contributed by atoms with Crippen molar-refractivity contribution in [1.82, 2.24) is 9.80 Å². The van der Waals surface area contributed by atoms with Crippen LogP contribution in [0.3, 0.4) is 0 Å². The molecule has 0 N–H and O–H groups in total. The van der Waals surface area contributed by atoms with E-state index in [0.29, 0.717) is 18.3 Å². The Balaban J connectivity index is 1.93. The van der Waals surface area contributed by atoms with Crippen LogP contribution in [0, 0.1) is 11.8 Å². The minimum absolute atomic E-state index is 0.0688. The summed E-state index contributed by atoms with van der Waals surface area (Å²) in [6.45, 7) is 10.9. The highest BCUT2D eigenvalue weighted by Gasteiger charge is 2.48. The third-order valence-electron chi connectivity index (χ3n) is 4.88. The molecule has 0 aromatic heterocycles. The normalized spacial score (nSPS) is 32.4. The summed E-state index contributed by atoms with van der Waals surface area (Å²) in [7, 11) is 0. The minimum atomic E-state index is -2.56. The molecule has 2 atom stereocenters. The third-order valence-corrected chi connectivity index (χ3v) is 4.88. The number of likely N-dealkylation sites (tertiary alicyclic amines) is 2. The molecule has 0 aromatic carbocycles. The first kappa shape index (κ1) is 16.2. The van der Waals surface area contributed by atoms with E-state index in [9.17, 15) is 8.78 Å². The number of piperidine rings is 1. The maximum Gasteiger partial charge on any atom is 0.275 e. The predicted octanol–water partition coefficient (Wildman–Crippen LogP) is 3.47. The molecular formula is C16H30F2N2. The lowest BCUT2D eigenvalue weighted by atomic mass is 9.96. The van der Waals surface area contributed by atoms with E-state index in [0.717, 1.165) is 26.1 Å². The zero-order valence-electron chi connectivity index (χ0n) is 13.4. The Morgan fingerprint density at radius 3 is 2.35 bits per heavy atom. The molecule has 0 bridgehead atoms. The largest absolute Gasteiger partial charge is 0.295 e. The highest BCUT2D eigenvalue weighted by molar-refractivity contribution is 4.96. The second-order valence-corrected chi connectivity index (χ2v) is 7.41. The van der Waals surface area contributed by atoms with Crippen molar-refractivity contribution in [2.24, 2.45) is 11.8 Å². The summed E-state index contributed by atoms with van der Waals surface area (Å²) in [5, 5.41) is 0. The average Bonchev–Trinajstić information content (AvgIpc) is 2.74. The molecule has 2 rings (SSSR count). The lowest BCUT2D eigenvalue weighted by Crippen LogP contribution is -2.59. The van der Waals surface area contributed by atoms with Crippen molar-refractivity contribution in [1.29, 1.82) is 0 Å². The lowest BCUT2D eigenvalue weighted by Gasteiger charge is -2.43. The zero-order valence-corrected chi connectivity index (χ0v) is 13.4. The van der Waals surface area contributed by atoms with Gasteiger partial charge in [0, 0.05) is 19.1 Å². The van der Waals surface area contributed by atoms with E-state index in [4.69, 9.17) is 0 Å². The van der Waals surface area contributed by atoms with Gasteiger partial charge in [0.05, 0.1) is 12.6 Å². The summed E-state index contributed by atoms with van der Waals surface area (Å²) in [6, 6.07) is -0.316. The van der Waals surface area contributed by atoms with Crippen molar-refractivity contribution >= 4 is 0 Å². The SMILES string of the molecule is CC(C)CC1CCN(C2CCN(C(C)C)CC2(F)F)C1. The fourth-order valence-corrected chi connectivity index (χ4v) is 3.85. The first-order valence-electron chi connectivity index (χ1n) is 8.15. The predicted molar refractivity (Wildman–Crippen MR) is 79.2 cm³/mol. The molecule has 4 heteroatoms. The summed E-state index contributed by atoms with van der Waals surface area (Å²) in [5.74, 6) is -1.27. The van der Waals surface area contributed by atoms with Gasteiger partial charge < -0.3 is 0 Å². The maximum atomic E-state index is 14.4. The van der Waals surface area contributed by atoms with Gasteiger partial charge in [0.25, 0.3) is 5.92 Å². The van der Waals surface area contributed by atoms with E-state index >= 15 is 0 Å². The summed E-state index contributed by atoms with van der Waals surface area (Å²) < 4.78 is 28.9. The van der Waals surface area contributed by atoms with Gasteiger partial charge in [-0.25, -0.2) is 8.78 Å². The van der Waals surface area contributed by atoms with Crippen LogP contribution in [0.15, 0.2) is 0 Å². The van der Waals surface area contributed by atoms with Crippen LogP contribution in [-0.2, 0) is 0 Å². The average molecular weight is 288 g/mol. The standard InChI is InChI=1S/C16H30F2N2/c1-12(2)9-14-5-7-19(10-14)15-6-8-20(13(3)4)11-16(15,17)18/h12-15H,5-11H2,1-4H3. The van der Waals surface area contributed by atoms with Gasteiger partial charge >= 0.3 is 0 Å². The Bertz CT molecular complexity index is 318. The smallest absolute Gasteiger partial charge is 0.275 e. The Labute approximate surface area is 122 Å². The van der Waals surface area contributed by atoms with Crippen LogP contribution >= 0.6 is 0 Å². The van der Waals surface area contributed by atoms with E-state index in [2.05, 4.69) is 18.7 Å². The van der Waals surface area contributed by atoms with Crippen molar-refractivity contribution in [3.8, 4) is 0 Å². The Hall–Kier alpha value is -0.220. The Kier molecular flexibility index (Phi) is 5.06. The molecule has 2 heterocycles. The van der Waals surface area contributed by atoms with Crippen molar-refractivity contribution in [3.05, 3.63) is 0 Å². The molecule has 2 fully saturated rings. The minimum Gasteiger partial charge on any atom is -0.295 e. The van der Waals surface area contributed by atoms with Gasteiger partial charge in [-0.1, -0.05) is 13.8 Å². The van der Waals surface area contributed by atoms with Crippen LogP contribution in [0.2, 0.25) is 0 Å². The van der Waals surface area contributed by atoms with Crippen LogP contribution in [-0.4, -0.2) is 54.0 Å². The number of rotatable bonds is 4. The van der Waals surface area contributed by atoms with Gasteiger partial charge in [-0.15, -0.1) is 0 Å². The second-order valence-electron chi connectivity index (χ2n) is 7.41. The maximum absolute atomic E-state index is 14.4. The van der Waals surface area contributed by atoms with Gasteiger partial charge in [0.15, 0.2) is 0 Å². The van der Waals surface area contributed by atoms with Gasteiger partial charge in [0.2, 0.25) is 0 Å². The first-order chi connectivity index (χ1) is 9.29. The fourth-order valence-electron chi connectivity index (χ4n) is 3.85. The number of alkyl halides is 2. The number of hydrogen-bond acceptors (Lipinski definition) is 2. The molecule has 0 amide bonds. The van der Waals surface area contributed by atoms with Crippen LogP contribution in [0.25, 0.3) is 0 Å². The van der Waals surface area contributed by atoms with E-state index < -0.39 is 12.0 Å². The van der Waals surface area contributed by atoms with E-state index in [1.807, 2.05) is 18.7 Å². The molecule has 0 radical (unpaired) electrons. The Morgan fingerprint density at radius 1 is 1.10 bits per heavy atom. The second kappa shape index (κ2) is 6.27. The summed E-state index contributed by atoms with van der Waals surface area (Å²) in [6.07, 6.45) is 2.88. The number of hydrogen-bond donors (Lipinski definition) is 0. The Morgan fingerprint density at radius 2 is 1.80 bits per heavy atom. The quantitative estimate of drug-likeness (QED) is 0.781. The summed E-state index contributed by atoms with van der Waals surface area (Å²) in [4.78, 5) is 3.99. The molecule has 0 aromatic rings. The van der Waals surface area contributed by atoms with Gasteiger partial charge in [-0.05, 0) is 51.5 Å². The lowest BCUT2D eigenvalue weighted by molar-refractivity contribution is -0.128. The van der Waals surface area contributed by atoms with Crippen LogP contribution in [0.1, 0.15) is 47.0 Å². The fraction of sp³-hybridized carbons (Fsp3) is 1.00. The number of halogens is 2. The molecule has 2 aliphatic rings. The van der Waals surface area contributed by atoms with Crippen molar-refractivity contribution in [3.63, 3.8) is 0 Å². The third kappa shape index (κ3) is 3.70. The van der Waals surface area contributed by atoms with Gasteiger partial charge in [-0.2, -0.15) is 0 Å². The van der Waals surface area contributed by atoms with Crippen molar-refractivity contribution in [2.75, 3.05) is 26.2 Å². The molecule has 0 spiro atoms. The van der Waals surface area contributed by atoms with Gasteiger partial charge in [0.1, 0.15) is 0 Å². The zero-order chi connectivity index (χ0) is 14.9. The highest BCUT2D eigenvalue weighted by atomic mass is 19.3. The molecular weight excluding hydrogens is 258 g/mol. The van der Waals surface area contributed by atoms with E-state index in [1.165, 1.54) is 6.42 Å². The van der Waals surface area contributed by atoms with Crippen molar-refractivity contribution in [2.45, 2.75) is 65.0 Å². The summed E-state index contributed by atoms with van der Waals surface area (Å²) in [5.41, 5.74) is 0. The number of nitrogens with zero attached hydrogens (tertiary/aromatic N) is 2.